The predicted octanol–water partition coefficient (Wildman–Crippen LogP) is 3.11. The van der Waals surface area contributed by atoms with Gasteiger partial charge in [-0.25, -0.2) is 0 Å². The molecular formula is C21H26N2O. The Morgan fingerprint density at radius 1 is 1.00 bits per heavy atom. The number of amides is 1. The van der Waals surface area contributed by atoms with Gasteiger partial charge in [-0.3, -0.25) is 4.79 Å². The van der Waals surface area contributed by atoms with Crippen LogP contribution in [0.2, 0.25) is 0 Å². The topological polar surface area (TPSA) is 32.3 Å². The Bertz CT molecular complexity index is 641. The molecule has 1 fully saturated rings. The van der Waals surface area contributed by atoms with E-state index in [1.807, 2.05) is 29.2 Å². The number of rotatable bonds is 6. The summed E-state index contributed by atoms with van der Waals surface area (Å²) in [5.74, 6) is 0.796. The number of benzene rings is 2. The number of hydrogen-bond donors (Lipinski definition) is 1. The molecule has 24 heavy (non-hydrogen) atoms. The monoisotopic (exact) mass is 322 g/mol. The Morgan fingerprint density at radius 3 is 2.21 bits per heavy atom. The molecular weight excluding hydrogens is 296 g/mol. The van der Waals surface area contributed by atoms with Crippen molar-refractivity contribution in [3.05, 3.63) is 71.8 Å². The van der Waals surface area contributed by atoms with Crippen molar-refractivity contribution in [2.45, 2.75) is 19.9 Å². The molecule has 0 radical (unpaired) electrons. The molecule has 1 aliphatic rings. The van der Waals surface area contributed by atoms with E-state index >= 15 is 0 Å². The standard InChI is InChI=1S/C21H26N2O/c1-17-14-22-15-20(17)21(24)23(16-19-10-6-3-7-11-19)13-12-18-8-4-2-5-9-18/h2-11,17,20,22H,12-16H2,1H3. The first-order chi connectivity index (χ1) is 11.7. The number of nitrogens with zero attached hydrogens (tertiary/aromatic N) is 1. The molecule has 0 saturated carbocycles. The third-order valence-corrected chi connectivity index (χ3v) is 4.88. The van der Waals surface area contributed by atoms with Crippen LogP contribution in [-0.2, 0) is 17.8 Å². The predicted molar refractivity (Wildman–Crippen MR) is 97.5 cm³/mol. The van der Waals surface area contributed by atoms with Crippen LogP contribution in [0.15, 0.2) is 60.7 Å². The lowest BCUT2D eigenvalue weighted by atomic mass is 9.96. The summed E-state index contributed by atoms with van der Waals surface area (Å²) < 4.78 is 0. The van der Waals surface area contributed by atoms with Crippen LogP contribution in [0, 0.1) is 11.8 Å². The SMILES string of the molecule is CC1CNCC1C(=O)N(CCc1ccccc1)Cc1ccccc1. The van der Waals surface area contributed by atoms with E-state index in [9.17, 15) is 4.79 Å². The molecule has 1 saturated heterocycles. The maximum absolute atomic E-state index is 13.1. The fourth-order valence-electron chi connectivity index (χ4n) is 3.35. The van der Waals surface area contributed by atoms with Gasteiger partial charge >= 0.3 is 0 Å². The molecule has 2 atom stereocenters. The lowest BCUT2D eigenvalue weighted by Crippen LogP contribution is -2.39. The molecule has 3 heteroatoms. The van der Waals surface area contributed by atoms with Crippen LogP contribution in [0.5, 0.6) is 0 Å². The van der Waals surface area contributed by atoms with Crippen LogP contribution >= 0.6 is 0 Å². The quantitative estimate of drug-likeness (QED) is 0.886. The number of carbonyl (C=O) groups excluding carboxylic acids is 1. The number of hydrogen-bond acceptors (Lipinski definition) is 2. The Hall–Kier alpha value is -2.13. The maximum Gasteiger partial charge on any atom is 0.227 e. The van der Waals surface area contributed by atoms with Crippen molar-refractivity contribution in [1.29, 1.82) is 0 Å². The van der Waals surface area contributed by atoms with Gasteiger partial charge in [0.15, 0.2) is 0 Å². The van der Waals surface area contributed by atoms with Crippen molar-refractivity contribution >= 4 is 5.91 Å². The van der Waals surface area contributed by atoms with Gasteiger partial charge in [0.2, 0.25) is 5.91 Å². The minimum absolute atomic E-state index is 0.101. The molecule has 1 N–H and O–H groups in total. The van der Waals surface area contributed by atoms with E-state index in [1.165, 1.54) is 11.1 Å². The van der Waals surface area contributed by atoms with E-state index < -0.39 is 0 Å². The molecule has 126 valence electrons. The van der Waals surface area contributed by atoms with Crippen molar-refractivity contribution < 1.29 is 4.79 Å². The van der Waals surface area contributed by atoms with Gasteiger partial charge in [-0.1, -0.05) is 67.6 Å². The molecule has 0 bridgehead atoms. The minimum Gasteiger partial charge on any atom is -0.338 e. The first-order valence-electron chi connectivity index (χ1n) is 8.81. The van der Waals surface area contributed by atoms with E-state index in [0.717, 1.165) is 26.1 Å². The molecule has 3 nitrogen and oxygen atoms in total. The van der Waals surface area contributed by atoms with Gasteiger partial charge in [-0.15, -0.1) is 0 Å². The van der Waals surface area contributed by atoms with Crippen LogP contribution in [0.3, 0.4) is 0 Å². The van der Waals surface area contributed by atoms with Crippen LogP contribution < -0.4 is 5.32 Å². The normalized spacial score (nSPS) is 20.0. The Labute approximate surface area is 144 Å². The molecule has 0 aliphatic carbocycles. The highest BCUT2D eigenvalue weighted by Crippen LogP contribution is 2.20. The number of nitrogens with one attached hydrogen (secondary N) is 1. The van der Waals surface area contributed by atoms with Crippen molar-refractivity contribution in [1.82, 2.24) is 10.2 Å². The number of carbonyl (C=O) groups is 1. The summed E-state index contributed by atoms with van der Waals surface area (Å²) in [5, 5.41) is 3.35. The van der Waals surface area contributed by atoms with Crippen molar-refractivity contribution in [3.63, 3.8) is 0 Å². The van der Waals surface area contributed by atoms with Crippen LogP contribution in [0.4, 0.5) is 0 Å². The van der Waals surface area contributed by atoms with Crippen molar-refractivity contribution in [3.8, 4) is 0 Å². The first-order valence-corrected chi connectivity index (χ1v) is 8.81. The lowest BCUT2D eigenvalue weighted by molar-refractivity contribution is -0.136. The highest BCUT2D eigenvalue weighted by Gasteiger charge is 2.32. The van der Waals surface area contributed by atoms with E-state index in [-0.39, 0.29) is 11.8 Å². The molecule has 2 unspecified atom stereocenters. The molecule has 2 aromatic carbocycles. The van der Waals surface area contributed by atoms with Gasteiger partial charge in [-0.2, -0.15) is 0 Å². The fourth-order valence-corrected chi connectivity index (χ4v) is 3.35. The largest absolute Gasteiger partial charge is 0.338 e. The summed E-state index contributed by atoms with van der Waals surface area (Å²) >= 11 is 0. The Kier molecular flexibility index (Phi) is 5.65. The van der Waals surface area contributed by atoms with E-state index in [0.29, 0.717) is 12.5 Å². The molecule has 1 heterocycles. The van der Waals surface area contributed by atoms with E-state index in [4.69, 9.17) is 0 Å². The first kappa shape index (κ1) is 16.7. The molecule has 0 aromatic heterocycles. The summed E-state index contributed by atoms with van der Waals surface area (Å²) in [6.45, 7) is 5.36. The summed E-state index contributed by atoms with van der Waals surface area (Å²) in [5.41, 5.74) is 2.47. The second-order valence-corrected chi connectivity index (χ2v) is 6.72. The third-order valence-electron chi connectivity index (χ3n) is 4.88. The fraction of sp³-hybridized carbons (Fsp3) is 0.381. The summed E-state index contributed by atoms with van der Waals surface area (Å²) in [6.07, 6.45) is 0.897. The highest BCUT2D eigenvalue weighted by molar-refractivity contribution is 5.79. The molecule has 0 spiro atoms. The Morgan fingerprint density at radius 2 is 1.62 bits per heavy atom. The second kappa shape index (κ2) is 8.11. The van der Waals surface area contributed by atoms with Gasteiger partial charge < -0.3 is 10.2 Å². The van der Waals surface area contributed by atoms with Gasteiger partial charge in [0.1, 0.15) is 0 Å². The average Bonchev–Trinajstić information content (AvgIpc) is 3.06. The maximum atomic E-state index is 13.1. The average molecular weight is 322 g/mol. The smallest absolute Gasteiger partial charge is 0.227 e. The van der Waals surface area contributed by atoms with Crippen LogP contribution in [-0.4, -0.2) is 30.4 Å². The summed E-state index contributed by atoms with van der Waals surface area (Å²) in [6, 6.07) is 20.7. The Balaban J connectivity index is 1.71. The van der Waals surface area contributed by atoms with Gasteiger partial charge in [0.25, 0.3) is 0 Å². The second-order valence-electron chi connectivity index (χ2n) is 6.72. The summed E-state index contributed by atoms with van der Waals surface area (Å²) in [7, 11) is 0. The third kappa shape index (κ3) is 4.24. The zero-order valence-electron chi connectivity index (χ0n) is 14.3. The van der Waals surface area contributed by atoms with Crippen molar-refractivity contribution in [2.75, 3.05) is 19.6 Å². The zero-order valence-corrected chi connectivity index (χ0v) is 14.3. The van der Waals surface area contributed by atoms with E-state index in [1.54, 1.807) is 0 Å². The minimum atomic E-state index is 0.101. The van der Waals surface area contributed by atoms with Gasteiger partial charge in [-0.05, 0) is 30.0 Å². The zero-order chi connectivity index (χ0) is 16.8. The summed E-state index contributed by atoms with van der Waals surface area (Å²) in [4.78, 5) is 15.1. The van der Waals surface area contributed by atoms with E-state index in [2.05, 4.69) is 48.6 Å². The molecule has 1 amide bonds. The molecule has 1 aliphatic heterocycles. The van der Waals surface area contributed by atoms with Crippen LogP contribution in [0.1, 0.15) is 18.1 Å². The van der Waals surface area contributed by atoms with Crippen molar-refractivity contribution in [2.24, 2.45) is 11.8 Å². The lowest BCUT2D eigenvalue weighted by Gasteiger charge is -2.27. The van der Waals surface area contributed by atoms with Gasteiger partial charge in [0.05, 0.1) is 5.92 Å². The highest BCUT2D eigenvalue weighted by atomic mass is 16.2. The van der Waals surface area contributed by atoms with Gasteiger partial charge in [0, 0.05) is 19.6 Å². The van der Waals surface area contributed by atoms with Crippen LogP contribution in [0.25, 0.3) is 0 Å². The molecule has 3 rings (SSSR count). The molecule has 2 aromatic rings.